The van der Waals surface area contributed by atoms with Crippen LogP contribution in [0.2, 0.25) is 0 Å². The van der Waals surface area contributed by atoms with Crippen LogP contribution in [0.15, 0.2) is 71.1 Å². The van der Waals surface area contributed by atoms with Crippen LogP contribution in [0.25, 0.3) is 0 Å². The van der Waals surface area contributed by atoms with Gasteiger partial charge < -0.3 is 14.1 Å². The molecule has 1 aromatic heterocycles. The zero-order chi connectivity index (χ0) is 18.2. The molecule has 3 aromatic rings. The van der Waals surface area contributed by atoms with Crippen molar-refractivity contribution < 1.29 is 9.15 Å². The molecule has 0 spiro atoms. The van der Waals surface area contributed by atoms with Crippen molar-refractivity contribution in [3.05, 3.63) is 89.4 Å². The van der Waals surface area contributed by atoms with Crippen LogP contribution in [0.5, 0.6) is 5.75 Å². The molecular formula is C22H25NO2S. The first-order chi connectivity index (χ1) is 12.7. The molecule has 136 valence electrons. The number of hydrogen-bond acceptors (Lipinski definition) is 4. The molecule has 0 fully saturated rings. The summed E-state index contributed by atoms with van der Waals surface area (Å²) in [5, 5.41) is 0. The summed E-state index contributed by atoms with van der Waals surface area (Å²) in [4.78, 5) is 2.11. The van der Waals surface area contributed by atoms with Gasteiger partial charge in [-0.2, -0.15) is 0 Å². The van der Waals surface area contributed by atoms with Gasteiger partial charge in [-0.15, -0.1) is 11.8 Å². The third-order valence-electron chi connectivity index (χ3n) is 3.85. The molecule has 0 atom stereocenters. The number of ether oxygens (including phenoxy) is 1. The topological polar surface area (TPSA) is 25.6 Å². The van der Waals surface area contributed by atoms with Gasteiger partial charge in [0, 0.05) is 5.75 Å². The van der Waals surface area contributed by atoms with E-state index in [1.165, 1.54) is 11.1 Å². The van der Waals surface area contributed by atoms with Crippen molar-refractivity contribution in [3.63, 3.8) is 0 Å². The van der Waals surface area contributed by atoms with Gasteiger partial charge in [-0.1, -0.05) is 42.5 Å². The van der Waals surface area contributed by atoms with Crippen molar-refractivity contribution in [1.82, 2.24) is 4.90 Å². The lowest BCUT2D eigenvalue weighted by molar-refractivity contribution is 0.306. The normalized spacial score (nSPS) is 11.0. The number of thioether (sulfide) groups is 1. The Balaban J connectivity index is 1.47. The predicted octanol–water partition coefficient (Wildman–Crippen LogP) is 5.35. The summed E-state index contributed by atoms with van der Waals surface area (Å²) in [7, 11) is 4.09. The highest BCUT2D eigenvalue weighted by atomic mass is 32.2. The van der Waals surface area contributed by atoms with E-state index in [9.17, 15) is 0 Å². The molecular weight excluding hydrogens is 342 g/mol. The van der Waals surface area contributed by atoms with E-state index in [1.54, 1.807) is 0 Å². The molecule has 0 N–H and O–H groups in total. The van der Waals surface area contributed by atoms with Crippen LogP contribution >= 0.6 is 11.8 Å². The molecule has 26 heavy (non-hydrogen) atoms. The van der Waals surface area contributed by atoms with Crippen molar-refractivity contribution in [2.24, 2.45) is 0 Å². The molecule has 3 nitrogen and oxygen atoms in total. The Bertz CT molecular complexity index is 799. The Morgan fingerprint density at radius 1 is 0.846 bits per heavy atom. The standard InChI is InChI=1S/C22H25NO2S/c1-23(2)14-21-11-12-22(25-21)17-26-16-19-9-6-10-20(13-19)24-15-18-7-4-3-5-8-18/h3-13H,14-17H2,1-2H3. The molecule has 0 saturated carbocycles. The van der Waals surface area contributed by atoms with Crippen LogP contribution in [0, 0.1) is 0 Å². The molecule has 0 aliphatic heterocycles. The van der Waals surface area contributed by atoms with E-state index in [0.717, 1.165) is 35.3 Å². The maximum Gasteiger partial charge on any atom is 0.120 e. The number of furan rings is 1. The lowest BCUT2D eigenvalue weighted by atomic mass is 10.2. The average Bonchev–Trinajstić information content (AvgIpc) is 3.08. The fourth-order valence-corrected chi connectivity index (χ4v) is 3.51. The number of rotatable bonds is 9. The largest absolute Gasteiger partial charge is 0.489 e. The summed E-state index contributed by atoms with van der Waals surface area (Å²) in [6.07, 6.45) is 0. The fraction of sp³-hybridized carbons (Fsp3) is 0.273. The zero-order valence-electron chi connectivity index (χ0n) is 15.4. The lowest BCUT2D eigenvalue weighted by Crippen LogP contribution is -2.09. The highest BCUT2D eigenvalue weighted by molar-refractivity contribution is 7.97. The molecule has 0 aliphatic rings. The molecule has 4 heteroatoms. The van der Waals surface area contributed by atoms with Crippen LogP contribution in [-0.2, 0) is 24.7 Å². The SMILES string of the molecule is CN(C)Cc1ccc(CSCc2cccc(OCc3ccccc3)c2)o1. The van der Waals surface area contributed by atoms with Crippen molar-refractivity contribution in [1.29, 1.82) is 0 Å². The van der Waals surface area contributed by atoms with E-state index in [2.05, 4.69) is 47.4 Å². The minimum atomic E-state index is 0.596. The van der Waals surface area contributed by atoms with E-state index in [1.807, 2.05) is 50.1 Å². The first-order valence-corrected chi connectivity index (χ1v) is 9.90. The van der Waals surface area contributed by atoms with Gasteiger partial charge >= 0.3 is 0 Å². The first kappa shape index (κ1) is 18.6. The van der Waals surface area contributed by atoms with Crippen molar-refractivity contribution in [2.45, 2.75) is 24.7 Å². The molecule has 3 rings (SSSR count). The molecule has 0 aliphatic carbocycles. The summed E-state index contributed by atoms with van der Waals surface area (Å²) in [6.45, 7) is 1.43. The summed E-state index contributed by atoms with van der Waals surface area (Å²) in [5.74, 6) is 4.78. The number of nitrogens with zero attached hydrogens (tertiary/aromatic N) is 1. The molecule has 2 aromatic carbocycles. The van der Waals surface area contributed by atoms with E-state index in [4.69, 9.17) is 9.15 Å². The minimum Gasteiger partial charge on any atom is -0.489 e. The van der Waals surface area contributed by atoms with Gasteiger partial charge in [-0.3, -0.25) is 0 Å². The van der Waals surface area contributed by atoms with Gasteiger partial charge in [-0.25, -0.2) is 0 Å². The minimum absolute atomic E-state index is 0.596. The maximum atomic E-state index is 5.91. The fourth-order valence-electron chi connectivity index (χ4n) is 2.63. The van der Waals surface area contributed by atoms with Gasteiger partial charge in [0.2, 0.25) is 0 Å². The Labute approximate surface area is 160 Å². The van der Waals surface area contributed by atoms with Gasteiger partial charge in [0.15, 0.2) is 0 Å². The third-order valence-corrected chi connectivity index (χ3v) is 4.88. The Morgan fingerprint density at radius 3 is 2.42 bits per heavy atom. The average molecular weight is 368 g/mol. The molecule has 0 amide bonds. The zero-order valence-corrected chi connectivity index (χ0v) is 16.2. The second-order valence-electron chi connectivity index (χ2n) is 6.52. The van der Waals surface area contributed by atoms with Crippen LogP contribution in [0.1, 0.15) is 22.6 Å². The number of hydrogen-bond donors (Lipinski definition) is 0. The van der Waals surface area contributed by atoms with Crippen molar-refractivity contribution >= 4 is 11.8 Å². The lowest BCUT2D eigenvalue weighted by Gasteiger charge is -2.08. The van der Waals surface area contributed by atoms with Gasteiger partial charge in [-0.05, 0) is 49.5 Å². The Morgan fingerprint density at radius 2 is 1.62 bits per heavy atom. The smallest absolute Gasteiger partial charge is 0.120 e. The van der Waals surface area contributed by atoms with Gasteiger partial charge in [0.25, 0.3) is 0 Å². The second-order valence-corrected chi connectivity index (χ2v) is 7.51. The van der Waals surface area contributed by atoms with Crippen molar-refractivity contribution in [2.75, 3.05) is 14.1 Å². The van der Waals surface area contributed by atoms with Crippen LogP contribution in [0.3, 0.4) is 0 Å². The van der Waals surface area contributed by atoms with E-state index >= 15 is 0 Å². The second kappa shape index (κ2) is 9.51. The highest BCUT2D eigenvalue weighted by Gasteiger charge is 2.04. The molecule has 0 unspecified atom stereocenters. The maximum absolute atomic E-state index is 5.91. The summed E-state index contributed by atoms with van der Waals surface area (Å²) >= 11 is 1.85. The van der Waals surface area contributed by atoms with E-state index < -0.39 is 0 Å². The van der Waals surface area contributed by atoms with Crippen LogP contribution in [0.4, 0.5) is 0 Å². The van der Waals surface area contributed by atoms with Gasteiger partial charge in [0.1, 0.15) is 23.9 Å². The van der Waals surface area contributed by atoms with Crippen LogP contribution < -0.4 is 4.74 Å². The van der Waals surface area contributed by atoms with E-state index in [-0.39, 0.29) is 0 Å². The molecule has 0 bridgehead atoms. The highest BCUT2D eigenvalue weighted by Crippen LogP contribution is 2.23. The molecule has 1 heterocycles. The van der Waals surface area contributed by atoms with Crippen LogP contribution in [-0.4, -0.2) is 19.0 Å². The quantitative estimate of drug-likeness (QED) is 0.509. The molecule has 0 radical (unpaired) electrons. The van der Waals surface area contributed by atoms with Crippen molar-refractivity contribution in [3.8, 4) is 5.75 Å². The third kappa shape index (κ3) is 5.97. The van der Waals surface area contributed by atoms with E-state index in [0.29, 0.717) is 6.61 Å². The first-order valence-electron chi connectivity index (χ1n) is 8.75. The Hall–Kier alpha value is -2.17. The summed E-state index contributed by atoms with van der Waals surface area (Å²) in [6, 6.07) is 22.7. The summed E-state index contributed by atoms with van der Waals surface area (Å²) < 4.78 is 11.8. The number of benzene rings is 2. The monoisotopic (exact) mass is 367 g/mol. The summed E-state index contributed by atoms with van der Waals surface area (Å²) in [5.41, 5.74) is 2.44. The Kier molecular flexibility index (Phi) is 6.81. The van der Waals surface area contributed by atoms with Gasteiger partial charge in [0.05, 0.1) is 12.3 Å². The predicted molar refractivity (Wildman–Crippen MR) is 108 cm³/mol. The molecule has 0 saturated heterocycles.